The summed E-state index contributed by atoms with van der Waals surface area (Å²) in [6.45, 7) is 5.09. The summed E-state index contributed by atoms with van der Waals surface area (Å²) in [5, 5.41) is 0.417. The lowest BCUT2D eigenvalue weighted by molar-refractivity contribution is 0.340. The highest BCUT2D eigenvalue weighted by Gasteiger charge is 2.23. The van der Waals surface area contributed by atoms with Gasteiger partial charge in [0.15, 0.2) is 0 Å². The molecule has 0 aliphatic carbocycles. The molecular weight excluding hydrogens is 362 g/mol. The van der Waals surface area contributed by atoms with E-state index in [9.17, 15) is 13.2 Å². The van der Waals surface area contributed by atoms with Gasteiger partial charge >= 0.3 is 0 Å². The monoisotopic (exact) mass is 385 g/mol. The van der Waals surface area contributed by atoms with E-state index < -0.39 is 15.3 Å². The van der Waals surface area contributed by atoms with Gasteiger partial charge in [-0.25, -0.2) is 8.42 Å². The van der Waals surface area contributed by atoms with Crippen LogP contribution < -0.4 is 10.2 Å². The van der Waals surface area contributed by atoms with Crippen molar-refractivity contribution in [2.75, 3.05) is 6.61 Å². The smallest absolute Gasteiger partial charge is 0.211 e. The topological polar surface area (TPSA) is 65.4 Å². The fourth-order valence-electron chi connectivity index (χ4n) is 3.03. The predicted octanol–water partition coefficient (Wildman–Crippen LogP) is 4.03. The Balaban J connectivity index is 2.17. The first-order chi connectivity index (χ1) is 13.0. The zero-order valence-corrected chi connectivity index (χ0v) is 16.3. The summed E-state index contributed by atoms with van der Waals surface area (Å²) in [5.41, 5.74) is 0.286. The average Bonchev–Trinajstić information content (AvgIpc) is 2.68. The van der Waals surface area contributed by atoms with Gasteiger partial charge in [0.05, 0.1) is 17.0 Å². The minimum atomic E-state index is -3.93. The van der Waals surface area contributed by atoms with Crippen molar-refractivity contribution in [1.29, 1.82) is 0 Å². The van der Waals surface area contributed by atoms with Crippen LogP contribution in [0.2, 0.25) is 0 Å². The lowest BCUT2D eigenvalue weighted by atomic mass is 10.2. The zero-order valence-electron chi connectivity index (χ0n) is 15.5. The molecule has 0 bridgehead atoms. The van der Waals surface area contributed by atoms with Crippen molar-refractivity contribution in [2.45, 2.75) is 43.0 Å². The van der Waals surface area contributed by atoms with Crippen LogP contribution in [0, 0.1) is 0 Å². The van der Waals surface area contributed by atoms with E-state index in [0.717, 1.165) is 18.4 Å². The minimum absolute atomic E-state index is 0.0837. The molecule has 5 nitrogen and oxygen atoms in total. The molecule has 0 atom stereocenters. The Morgan fingerprint density at radius 3 is 2.37 bits per heavy atom. The van der Waals surface area contributed by atoms with Gasteiger partial charge in [-0.2, -0.15) is 0 Å². The van der Waals surface area contributed by atoms with Crippen LogP contribution in [0.25, 0.3) is 10.9 Å². The third-order valence-corrected chi connectivity index (χ3v) is 6.20. The predicted molar refractivity (Wildman–Crippen MR) is 106 cm³/mol. The lowest BCUT2D eigenvalue weighted by Crippen LogP contribution is -2.19. The molecule has 1 aromatic heterocycles. The van der Waals surface area contributed by atoms with Gasteiger partial charge in [-0.1, -0.05) is 25.5 Å². The van der Waals surface area contributed by atoms with Gasteiger partial charge in [-0.05, 0) is 49.7 Å². The van der Waals surface area contributed by atoms with Gasteiger partial charge in [0.2, 0.25) is 15.3 Å². The maximum atomic E-state index is 13.1. The summed E-state index contributed by atoms with van der Waals surface area (Å²) in [7, 11) is -3.93. The molecule has 0 spiro atoms. The molecule has 2 aromatic carbocycles. The molecule has 6 heteroatoms. The molecule has 0 N–H and O–H groups in total. The zero-order chi connectivity index (χ0) is 19.4. The highest BCUT2D eigenvalue weighted by Crippen LogP contribution is 2.23. The summed E-state index contributed by atoms with van der Waals surface area (Å²) < 4.78 is 33.5. The van der Waals surface area contributed by atoms with Crippen molar-refractivity contribution in [3.63, 3.8) is 0 Å². The number of aromatic nitrogens is 1. The Labute approximate surface area is 159 Å². The summed E-state index contributed by atoms with van der Waals surface area (Å²) in [5.74, 6) is 0.593. The van der Waals surface area contributed by atoms with Crippen LogP contribution in [0.4, 0.5) is 0 Å². The van der Waals surface area contributed by atoms with Crippen LogP contribution in [-0.2, 0) is 16.4 Å². The number of aryl methyl sites for hydroxylation is 1. The van der Waals surface area contributed by atoms with Gasteiger partial charge in [0, 0.05) is 18.1 Å². The van der Waals surface area contributed by atoms with E-state index in [-0.39, 0.29) is 9.79 Å². The first kappa shape index (κ1) is 19.2. The standard InChI is InChI=1S/C21H23NO4S/c1-3-5-14-22-15-20(21(23)18-8-6-7-9-19(18)22)27(24,25)17-12-10-16(11-13-17)26-4-2/h6-13,15H,3-5,14H2,1-2H3. The van der Waals surface area contributed by atoms with Crippen LogP contribution in [-0.4, -0.2) is 19.6 Å². The van der Waals surface area contributed by atoms with Gasteiger partial charge in [-0.15, -0.1) is 0 Å². The summed E-state index contributed by atoms with van der Waals surface area (Å²) in [6.07, 6.45) is 3.35. The third-order valence-electron chi connectivity index (χ3n) is 4.44. The van der Waals surface area contributed by atoms with E-state index in [1.807, 2.05) is 23.6 Å². The van der Waals surface area contributed by atoms with E-state index in [2.05, 4.69) is 6.92 Å². The molecule has 0 aliphatic heterocycles. The molecule has 0 amide bonds. The molecule has 0 aliphatic rings. The van der Waals surface area contributed by atoms with Gasteiger partial charge in [0.1, 0.15) is 10.6 Å². The second kappa shape index (κ2) is 7.96. The van der Waals surface area contributed by atoms with Crippen LogP contribution in [0.1, 0.15) is 26.7 Å². The van der Waals surface area contributed by atoms with Gasteiger partial charge in [-0.3, -0.25) is 4.79 Å². The molecule has 27 heavy (non-hydrogen) atoms. The number of hydrogen-bond donors (Lipinski definition) is 0. The van der Waals surface area contributed by atoms with Crippen molar-refractivity contribution in [1.82, 2.24) is 4.57 Å². The Bertz CT molecular complexity index is 1100. The normalized spacial score (nSPS) is 11.6. The number of hydrogen-bond acceptors (Lipinski definition) is 4. The Kier molecular flexibility index (Phi) is 5.65. The van der Waals surface area contributed by atoms with Crippen molar-refractivity contribution in [3.05, 3.63) is 65.0 Å². The van der Waals surface area contributed by atoms with Crippen molar-refractivity contribution in [2.24, 2.45) is 0 Å². The second-order valence-electron chi connectivity index (χ2n) is 6.29. The van der Waals surface area contributed by atoms with E-state index in [0.29, 0.717) is 24.3 Å². The van der Waals surface area contributed by atoms with Crippen LogP contribution in [0.15, 0.2) is 69.3 Å². The first-order valence-electron chi connectivity index (χ1n) is 9.09. The SMILES string of the molecule is CCCCn1cc(S(=O)(=O)c2ccc(OCC)cc2)c(=O)c2ccccc21. The van der Waals surface area contributed by atoms with Gasteiger partial charge in [0.25, 0.3) is 0 Å². The molecule has 142 valence electrons. The number of ether oxygens (including phenoxy) is 1. The third kappa shape index (κ3) is 3.76. The quantitative estimate of drug-likeness (QED) is 0.616. The fraction of sp³-hybridized carbons (Fsp3) is 0.286. The number of pyridine rings is 1. The molecular formula is C21H23NO4S. The van der Waals surface area contributed by atoms with Gasteiger partial charge < -0.3 is 9.30 Å². The fourth-order valence-corrected chi connectivity index (χ4v) is 4.40. The van der Waals surface area contributed by atoms with Crippen LogP contribution >= 0.6 is 0 Å². The van der Waals surface area contributed by atoms with E-state index >= 15 is 0 Å². The lowest BCUT2D eigenvalue weighted by Gasteiger charge is -2.13. The highest BCUT2D eigenvalue weighted by atomic mass is 32.2. The average molecular weight is 385 g/mol. The number of benzene rings is 2. The molecule has 3 rings (SSSR count). The summed E-state index contributed by atoms with van der Waals surface area (Å²) >= 11 is 0. The van der Waals surface area contributed by atoms with E-state index in [4.69, 9.17) is 4.74 Å². The number of nitrogens with zero attached hydrogens (tertiary/aromatic N) is 1. The number of unbranched alkanes of at least 4 members (excludes halogenated alkanes) is 1. The summed E-state index contributed by atoms with van der Waals surface area (Å²) in [6, 6.07) is 13.3. The minimum Gasteiger partial charge on any atom is -0.494 e. The maximum absolute atomic E-state index is 13.1. The largest absolute Gasteiger partial charge is 0.494 e. The van der Waals surface area contributed by atoms with E-state index in [1.165, 1.54) is 18.3 Å². The van der Waals surface area contributed by atoms with E-state index in [1.54, 1.807) is 24.3 Å². The Hall–Kier alpha value is -2.60. The molecule has 0 radical (unpaired) electrons. The summed E-state index contributed by atoms with van der Waals surface area (Å²) in [4.78, 5) is 12.8. The Morgan fingerprint density at radius 2 is 1.70 bits per heavy atom. The van der Waals surface area contributed by atoms with Crippen LogP contribution in [0.3, 0.4) is 0 Å². The second-order valence-corrected chi connectivity index (χ2v) is 8.21. The van der Waals surface area contributed by atoms with Crippen molar-refractivity contribution >= 4 is 20.7 Å². The first-order valence-corrected chi connectivity index (χ1v) is 10.6. The van der Waals surface area contributed by atoms with Crippen LogP contribution in [0.5, 0.6) is 5.75 Å². The number of rotatable bonds is 7. The number of sulfone groups is 1. The molecule has 3 aromatic rings. The van der Waals surface area contributed by atoms with Crippen molar-refractivity contribution in [3.8, 4) is 5.75 Å². The molecule has 0 saturated heterocycles. The maximum Gasteiger partial charge on any atom is 0.211 e. The Morgan fingerprint density at radius 1 is 1.00 bits per heavy atom. The molecule has 1 heterocycles. The highest BCUT2D eigenvalue weighted by molar-refractivity contribution is 7.91. The number of fused-ring (bicyclic) bond motifs is 1. The van der Waals surface area contributed by atoms with Crippen molar-refractivity contribution < 1.29 is 13.2 Å². The molecule has 0 saturated carbocycles. The molecule has 0 fully saturated rings. The number of para-hydroxylation sites is 1. The molecule has 0 unspecified atom stereocenters.